The van der Waals surface area contributed by atoms with Crippen molar-refractivity contribution >= 4 is 53.5 Å². The highest BCUT2D eigenvalue weighted by molar-refractivity contribution is 6.04. The van der Waals surface area contributed by atoms with E-state index < -0.39 is 17.5 Å². The predicted molar refractivity (Wildman–Crippen MR) is 174 cm³/mol. The topological polar surface area (TPSA) is 114 Å². The van der Waals surface area contributed by atoms with Crippen LogP contribution in [0.4, 0.5) is 24.9 Å². The van der Waals surface area contributed by atoms with Gasteiger partial charge in [0.15, 0.2) is 22.8 Å². The van der Waals surface area contributed by atoms with Gasteiger partial charge in [-0.05, 0) is 63.5 Å². The zero-order valence-corrected chi connectivity index (χ0v) is 26.6. The number of nitrogens with two attached hydrogens (primary N) is 1. The number of nitrogens with zero attached hydrogens (tertiary/aromatic N) is 5. The molecular formula is C31H41Cl2F3N8O. The van der Waals surface area contributed by atoms with Gasteiger partial charge in [0.1, 0.15) is 0 Å². The number of allylic oxidation sites excluding steroid dienone is 1. The molecule has 14 heteroatoms. The molecule has 1 aliphatic heterocycles. The summed E-state index contributed by atoms with van der Waals surface area (Å²) in [4.78, 5) is 29.2. The van der Waals surface area contributed by atoms with Crippen molar-refractivity contribution < 1.29 is 18.0 Å². The summed E-state index contributed by atoms with van der Waals surface area (Å²) in [6.45, 7) is 1.39. The van der Waals surface area contributed by atoms with E-state index in [0.29, 0.717) is 31.1 Å². The van der Waals surface area contributed by atoms with Crippen LogP contribution in [-0.4, -0.2) is 61.4 Å². The molecule has 9 nitrogen and oxygen atoms in total. The molecule has 3 fully saturated rings. The van der Waals surface area contributed by atoms with Gasteiger partial charge in [-0.25, -0.2) is 4.98 Å². The number of hydrogen-bond donors (Lipinski definition) is 3. The lowest BCUT2D eigenvalue weighted by molar-refractivity contribution is -0.137. The number of aromatic nitrogens is 4. The van der Waals surface area contributed by atoms with Crippen LogP contribution in [0.2, 0.25) is 0 Å². The smallest absolute Gasteiger partial charge is 0.377 e. The third kappa shape index (κ3) is 8.39. The van der Waals surface area contributed by atoms with Crippen molar-refractivity contribution in [2.75, 3.05) is 23.7 Å². The van der Waals surface area contributed by atoms with Crippen LogP contribution in [0.5, 0.6) is 0 Å². The number of ketones is 1. The van der Waals surface area contributed by atoms with Crippen molar-refractivity contribution in [3.63, 3.8) is 0 Å². The Morgan fingerprint density at radius 1 is 0.933 bits per heavy atom. The number of hydrogen-bond acceptors (Lipinski definition) is 8. The van der Waals surface area contributed by atoms with Crippen LogP contribution in [-0.2, 0) is 6.18 Å². The fourth-order valence-electron chi connectivity index (χ4n) is 6.48. The molecule has 1 saturated heterocycles. The summed E-state index contributed by atoms with van der Waals surface area (Å²) in [6, 6.07) is 5.64. The summed E-state index contributed by atoms with van der Waals surface area (Å²) in [5.41, 5.74) is 6.94. The molecule has 0 spiro atoms. The van der Waals surface area contributed by atoms with Crippen molar-refractivity contribution in [3.8, 4) is 0 Å². The van der Waals surface area contributed by atoms with Crippen LogP contribution in [0, 0.1) is 0 Å². The van der Waals surface area contributed by atoms with E-state index in [-0.39, 0.29) is 42.5 Å². The number of rotatable bonds is 8. The van der Waals surface area contributed by atoms with E-state index in [2.05, 4.69) is 15.2 Å². The molecule has 0 atom stereocenters. The average Bonchev–Trinajstić information content (AvgIpc) is 3.68. The van der Waals surface area contributed by atoms with Crippen LogP contribution in [0.3, 0.4) is 0 Å². The van der Waals surface area contributed by atoms with Gasteiger partial charge in [-0.2, -0.15) is 23.1 Å². The normalized spacial score (nSPS) is 21.5. The number of benzene rings is 1. The Kier molecular flexibility index (Phi) is 11.6. The van der Waals surface area contributed by atoms with Gasteiger partial charge in [-0.15, -0.1) is 24.8 Å². The van der Waals surface area contributed by atoms with Gasteiger partial charge in [0.25, 0.3) is 0 Å². The first kappa shape index (κ1) is 34.8. The van der Waals surface area contributed by atoms with E-state index in [4.69, 9.17) is 20.7 Å². The zero-order chi connectivity index (χ0) is 30.0. The maximum atomic E-state index is 13.0. The van der Waals surface area contributed by atoms with Gasteiger partial charge < -0.3 is 25.8 Å². The van der Waals surface area contributed by atoms with Gasteiger partial charge >= 0.3 is 6.18 Å². The lowest BCUT2D eigenvalue weighted by atomic mass is 9.92. The molecule has 3 aromatic rings. The molecule has 0 radical (unpaired) electrons. The molecule has 6 rings (SSSR count). The molecule has 0 bridgehead atoms. The molecule has 3 aliphatic rings. The van der Waals surface area contributed by atoms with Crippen LogP contribution < -0.4 is 16.4 Å². The Morgan fingerprint density at radius 3 is 2.31 bits per heavy atom. The summed E-state index contributed by atoms with van der Waals surface area (Å²) in [5.74, 6) is 0.890. The van der Waals surface area contributed by atoms with Crippen LogP contribution >= 0.6 is 24.8 Å². The molecule has 3 heterocycles. The summed E-state index contributed by atoms with van der Waals surface area (Å²) in [7, 11) is 0. The molecule has 4 N–H and O–H groups in total. The van der Waals surface area contributed by atoms with Crippen molar-refractivity contribution in [2.24, 2.45) is 5.73 Å². The first-order valence-corrected chi connectivity index (χ1v) is 15.4. The molecule has 246 valence electrons. The number of imidazole rings is 1. The average molecular weight is 670 g/mol. The highest BCUT2D eigenvalue weighted by atomic mass is 35.5. The first-order valence-electron chi connectivity index (χ1n) is 15.4. The summed E-state index contributed by atoms with van der Waals surface area (Å²) in [5, 5.41) is 7.20. The lowest BCUT2D eigenvalue weighted by Gasteiger charge is -2.32. The third-order valence-electron chi connectivity index (χ3n) is 9.03. The van der Waals surface area contributed by atoms with Gasteiger partial charge in [-0.1, -0.05) is 25.0 Å². The first-order chi connectivity index (χ1) is 20.7. The number of carbonyl (C=O) groups is 1. The SMILES string of the molecule is Cl.Cl.NC1CCC(Nc2nc(NC3CCN(/C=C/C(=O)c4cccc(C(F)(F)F)c4)CC3)c3ncn(C4CCCC4)c3n2)CC1. The van der Waals surface area contributed by atoms with Crippen LogP contribution in [0.1, 0.15) is 86.2 Å². The molecule has 0 amide bonds. The fraction of sp³-hybridized carbons (Fsp3) is 0.548. The minimum absolute atomic E-state index is 0. The van der Waals surface area contributed by atoms with Crippen molar-refractivity contribution in [1.29, 1.82) is 0 Å². The molecule has 0 unspecified atom stereocenters. The molecule has 2 aromatic heterocycles. The largest absolute Gasteiger partial charge is 0.416 e. The minimum atomic E-state index is -4.49. The molecular weight excluding hydrogens is 628 g/mol. The van der Waals surface area contributed by atoms with Crippen molar-refractivity contribution in [1.82, 2.24) is 24.4 Å². The number of halogens is 5. The minimum Gasteiger partial charge on any atom is -0.377 e. The van der Waals surface area contributed by atoms with Crippen LogP contribution in [0.15, 0.2) is 42.9 Å². The second-order valence-corrected chi connectivity index (χ2v) is 12.1. The summed E-state index contributed by atoms with van der Waals surface area (Å²) < 4.78 is 41.3. The number of nitrogens with one attached hydrogen (secondary N) is 2. The number of anilines is 2. The van der Waals surface area contributed by atoms with Crippen molar-refractivity contribution in [2.45, 2.75) is 94.6 Å². The Morgan fingerprint density at radius 2 is 1.62 bits per heavy atom. The zero-order valence-electron chi connectivity index (χ0n) is 25.0. The van der Waals surface area contributed by atoms with Crippen molar-refractivity contribution in [3.05, 3.63) is 54.0 Å². The van der Waals surface area contributed by atoms with E-state index in [0.717, 1.165) is 80.5 Å². The van der Waals surface area contributed by atoms with Gasteiger partial charge in [-0.3, -0.25) is 4.79 Å². The maximum absolute atomic E-state index is 13.0. The third-order valence-corrected chi connectivity index (χ3v) is 9.03. The van der Waals surface area contributed by atoms with Gasteiger partial charge in [0, 0.05) is 55.1 Å². The molecule has 45 heavy (non-hydrogen) atoms. The number of fused-ring (bicyclic) bond motifs is 1. The number of alkyl halides is 3. The molecule has 2 saturated carbocycles. The van der Waals surface area contributed by atoms with E-state index >= 15 is 0 Å². The molecule has 2 aliphatic carbocycles. The highest BCUT2D eigenvalue weighted by Crippen LogP contribution is 2.34. The maximum Gasteiger partial charge on any atom is 0.416 e. The Balaban J connectivity index is 0.00000230. The number of likely N-dealkylation sites (tertiary alicyclic amines) is 1. The standard InChI is InChI=1S/C31H39F3N8O.2ClH/c32-31(33,34)21-5-3-4-20(18-21)26(43)14-17-41-15-12-24(13-16-41)37-28-27-29(42(19-36-27)25-6-1-2-7-25)40-30(39-28)38-23-10-8-22(35)9-11-23;;/h3-5,14,17-19,22-25H,1-2,6-13,15-16,35H2,(H2,37,38,39,40);2*1H/b17-14+;;. The second kappa shape index (κ2) is 15.0. The lowest BCUT2D eigenvalue weighted by Crippen LogP contribution is -2.36. The van der Waals surface area contributed by atoms with Gasteiger partial charge in [0.2, 0.25) is 5.95 Å². The van der Waals surface area contributed by atoms with E-state index in [1.54, 1.807) is 6.20 Å². The molecule has 1 aromatic carbocycles. The fourth-order valence-corrected chi connectivity index (χ4v) is 6.48. The van der Waals surface area contributed by atoms with Crippen LogP contribution in [0.25, 0.3) is 11.2 Å². The number of piperidine rings is 1. The second-order valence-electron chi connectivity index (χ2n) is 12.1. The number of carbonyl (C=O) groups excluding carboxylic acids is 1. The Bertz CT molecular complexity index is 1460. The van der Waals surface area contributed by atoms with E-state index in [9.17, 15) is 18.0 Å². The van der Waals surface area contributed by atoms with E-state index in [1.165, 1.54) is 31.1 Å². The quantitative estimate of drug-likeness (QED) is 0.178. The Hall–Kier alpha value is -3.09. The summed E-state index contributed by atoms with van der Waals surface area (Å²) >= 11 is 0. The van der Waals surface area contributed by atoms with Gasteiger partial charge in [0.05, 0.1) is 11.9 Å². The summed E-state index contributed by atoms with van der Waals surface area (Å²) in [6.07, 6.45) is 10.7. The monoisotopic (exact) mass is 668 g/mol. The van der Waals surface area contributed by atoms with E-state index in [1.807, 2.05) is 11.2 Å². The predicted octanol–water partition coefficient (Wildman–Crippen LogP) is 6.76. The highest BCUT2D eigenvalue weighted by Gasteiger charge is 2.31. The Labute approximate surface area is 273 Å².